The van der Waals surface area contributed by atoms with Crippen molar-refractivity contribution in [2.24, 2.45) is 76.7 Å². The van der Waals surface area contributed by atoms with E-state index in [1.165, 1.54) is 12.8 Å². The van der Waals surface area contributed by atoms with Crippen LogP contribution in [0.4, 0.5) is 0 Å². The smallest absolute Gasteiger partial charge is 0.00455 e. The van der Waals surface area contributed by atoms with Crippen LogP contribution < -0.4 is 5.73 Å². The molecule has 16 aliphatic rings. The lowest BCUT2D eigenvalue weighted by Gasteiger charge is -2.68. The third-order valence-corrected chi connectivity index (χ3v) is 27.9. The van der Waals surface area contributed by atoms with Crippen LogP contribution in [-0.2, 0) is 0 Å². The zero-order valence-corrected chi connectivity index (χ0v) is 32.6. The molecular formula is C45H71NP2. The van der Waals surface area contributed by atoms with Gasteiger partial charge in [0.15, 0.2) is 0 Å². The molecule has 16 bridgehead atoms. The highest BCUT2D eigenvalue weighted by Gasteiger charge is 2.64. The van der Waals surface area contributed by atoms with Crippen molar-refractivity contribution in [3.63, 3.8) is 0 Å². The Balaban J connectivity index is 0.817. The standard InChI is InChI=1S/C45H71NP2/c46-41(1-3-47(42-17-29-5-30(18-42)7-31(6-29)19-42)43-20-32-8-33(21-43)10-34(9-32)22-43)2-4-48(44-23-35-11-36(24-44)13-37(12-35)25-44)45-26-38-14-39(27-45)16-40(15-38)28-45/h29-41H,1-28,46H2. The summed E-state index contributed by atoms with van der Waals surface area (Å²) in [5.74, 6) is 13.4. The summed E-state index contributed by atoms with van der Waals surface area (Å²) in [5.41, 5.74) is 7.56. The van der Waals surface area contributed by atoms with Gasteiger partial charge >= 0.3 is 0 Å². The van der Waals surface area contributed by atoms with Crippen LogP contribution in [-0.4, -0.2) is 39.0 Å². The average Bonchev–Trinajstić information content (AvgIpc) is 2.98. The van der Waals surface area contributed by atoms with Gasteiger partial charge in [0, 0.05) is 6.04 Å². The van der Waals surface area contributed by atoms with E-state index >= 15 is 0 Å². The summed E-state index contributed by atoms with van der Waals surface area (Å²) in [5, 5.41) is 3.17. The van der Waals surface area contributed by atoms with Crippen LogP contribution in [0.3, 0.4) is 0 Å². The third kappa shape index (κ3) is 4.82. The van der Waals surface area contributed by atoms with E-state index in [0.29, 0.717) is 6.04 Å². The minimum Gasteiger partial charge on any atom is -0.328 e. The van der Waals surface area contributed by atoms with Gasteiger partial charge < -0.3 is 5.73 Å². The molecule has 16 fully saturated rings. The summed E-state index contributed by atoms with van der Waals surface area (Å²) in [6, 6.07) is 0.505. The van der Waals surface area contributed by atoms with Crippen molar-refractivity contribution in [2.75, 3.05) is 12.3 Å². The van der Waals surface area contributed by atoms with E-state index < -0.39 is 0 Å². The molecule has 0 aromatic carbocycles. The lowest BCUT2D eigenvalue weighted by molar-refractivity contribution is 0.0184. The van der Waals surface area contributed by atoms with Gasteiger partial charge in [-0.1, -0.05) is 15.8 Å². The molecule has 0 aromatic rings. The Morgan fingerprint density at radius 2 is 0.500 bits per heavy atom. The van der Waals surface area contributed by atoms with E-state index in [4.69, 9.17) is 5.73 Å². The zero-order valence-electron chi connectivity index (χ0n) is 30.8. The Morgan fingerprint density at radius 3 is 0.667 bits per heavy atom. The molecule has 16 aliphatic carbocycles. The van der Waals surface area contributed by atoms with E-state index in [1.807, 2.05) is 0 Å². The minimum absolute atomic E-state index is 0.113. The second-order valence-electron chi connectivity index (χ2n) is 23.2. The van der Waals surface area contributed by atoms with Crippen LogP contribution in [0.25, 0.3) is 0 Å². The van der Waals surface area contributed by atoms with E-state index in [9.17, 15) is 0 Å². The highest BCUT2D eigenvalue weighted by molar-refractivity contribution is 7.61. The van der Waals surface area contributed by atoms with Gasteiger partial charge in [0.05, 0.1) is 0 Å². The van der Waals surface area contributed by atoms with Gasteiger partial charge in [0.25, 0.3) is 0 Å². The first-order valence-corrected chi connectivity index (χ1v) is 25.7. The average molecular weight is 688 g/mol. The molecule has 16 saturated carbocycles. The van der Waals surface area contributed by atoms with Crippen molar-refractivity contribution < 1.29 is 0 Å². The molecule has 0 spiro atoms. The fourth-order valence-corrected chi connectivity index (χ4v) is 31.1. The topological polar surface area (TPSA) is 26.0 Å². The number of hydrogen-bond donors (Lipinski definition) is 1. The highest BCUT2D eigenvalue weighted by atomic mass is 31.1. The maximum Gasteiger partial charge on any atom is 0.00455 e. The molecule has 0 aliphatic heterocycles. The number of hydrogen-bond acceptors (Lipinski definition) is 1. The number of rotatable bonds is 10. The van der Waals surface area contributed by atoms with Crippen molar-refractivity contribution in [1.29, 1.82) is 0 Å². The zero-order chi connectivity index (χ0) is 31.5. The van der Waals surface area contributed by atoms with Gasteiger partial charge in [0.1, 0.15) is 0 Å². The monoisotopic (exact) mass is 688 g/mol. The van der Waals surface area contributed by atoms with Gasteiger partial charge in [-0.15, -0.1) is 0 Å². The largest absolute Gasteiger partial charge is 0.328 e. The molecule has 2 N–H and O–H groups in total. The predicted molar refractivity (Wildman–Crippen MR) is 204 cm³/mol. The van der Waals surface area contributed by atoms with E-state index in [2.05, 4.69) is 0 Å². The van der Waals surface area contributed by atoms with Crippen LogP contribution >= 0.6 is 15.8 Å². The maximum absolute atomic E-state index is 7.56. The summed E-state index contributed by atoms with van der Waals surface area (Å²) >= 11 is 0. The molecule has 3 heteroatoms. The fraction of sp³-hybridized carbons (Fsp3) is 1.00. The van der Waals surface area contributed by atoms with Crippen LogP contribution in [0.15, 0.2) is 0 Å². The molecule has 0 aromatic heterocycles. The molecule has 16 rings (SSSR count). The molecule has 0 unspecified atom stereocenters. The molecule has 0 atom stereocenters. The first-order chi connectivity index (χ1) is 23.3. The molecule has 266 valence electrons. The summed E-state index contributed by atoms with van der Waals surface area (Å²) < 4.78 is 0. The van der Waals surface area contributed by atoms with Gasteiger partial charge in [0.2, 0.25) is 0 Å². The normalized spacial score (nSPS) is 59.4. The fourth-order valence-electron chi connectivity index (χ4n) is 20.3. The van der Waals surface area contributed by atoms with Crippen molar-refractivity contribution >= 4 is 15.8 Å². The van der Waals surface area contributed by atoms with Crippen molar-refractivity contribution in [3.05, 3.63) is 0 Å². The van der Waals surface area contributed by atoms with Crippen molar-refractivity contribution in [2.45, 2.75) is 194 Å². The van der Waals surface area contributed by atoms with Crippen LogP contribution in [0.1, 0.15) is 167 Å². The Morgan fingerprint density at radius 1 is 0.333 bits per heavy atom. The van der Waals surface area contributed by atoms with Crippen LogP contribution in [0.2, 0.25) is 0 Å². The summed E-state index contributed by atoms with van der Waals surface area (Å²) in [6.45, 7) is 0. The summed E-state index contributed by atoms with van der Waals surface area (Å²) in [7, 11) is 0.226. The minimum atomic E-state index is 0.113. The van der Waals surface area contributed by atoms with Gasteiger partial charge in [-0.2, -0.15) is 0 Å². The molecular weight excluding hydrogens is 616 g/mol. The van der Waals surface area contributed by atoms with Gasteiger partial charge in [-0.05, 0) is 271 Å². The maximum atomic E-state index is 7.56. The third-order valence-electron chi connectivity index (χ3n) is 19.8. The number of nitrogens with two attached hydrogens (primary N) is 1. The quantitative estimate of drug-likeness (QED) is 0.227. The molecule has 0 heterocycles. The Hall–Kier alpha value is 0.820. The molecule has 48 heavy (non-hydrogen) atoms. The van der Waals surface area contributed by atoms with Crippen LogP contribution in [0.5, 0.6) is 0 Å². The summed E-state index contributed by atoms with van der Waals surface area (Å²) in [4.78, 5) is 0. The lowest BCUT2D eigenvalue weighted by atomic mass is 9.55. The Kier molecular flexibility index (Phi) is 7.12. The van der Waals surface area contributed by atoms with Gasteiger partial charge in [-0.25, -0.2) is 0 Å². The van der Waals surface area contributed by atoms with E-state index in [1.54, 1.807) is 166 Å². The first-order valence-electron chi connectivity index (χ1n) is 22.6. The summed E-state index contributed by atoms with van der Waals surface area (Å²) in [6.07, 6.45) is 45.6. The van der Waals surface area contributed by atoms with Crippen molar-refractivity contribution in [1.82, 2.24) is 0 Å². The van der Waals surface area contributed by atoms with Gasteiger partial charge in [-0.3, -0.25) is 0 Å². The second kappa shape index (κ2) is 11.0. The van der Waals surface area contributed by atoms with Crippen molar-refractivity contribution in [3.8, 4) is 0 Å². The molecule has 0 saturated heterocycles. The van der Waals surface area contributed by atoms with E-state index in [-0.39, 0.29) is 15.8 Å². The van der Waals surface area contributed by atoms with E-state index in [0.717, 1.165) is 91.6 Å². The first kappa shape index (κ1) is 31.2. The molecule has 1 nitrogen and oxygen atoms in total. The lowest BCUT2D eigenvalue weighted by Crippen LogP contribution is -2.57. The second-order valence-corrected chi connectivity index (χ2v) is 29.6. The highest BCUT2D eigenvalue weighted by Crippen LogP contribution is 2.81. The Bertz CT molecular complexity index is 958. The molecule has 0 amide bonds. The predicted octanol–water partition coefficient (Wildman–Crippen LogP) is 11.9. The Labute approximate surface area is 297 Å². The van der Waals surface area contributed by atoms with Crippen LogP contribution in [0, 0.1) is 71.0 Å². The SMILES string of the molecule is NC(CCP(C12CC3CC(CC(C3)C1)C2)C12CC3CC(CC(C3)C1)C2)CCP(C12CC3CC(CC(C3)C1)C2)C12CC3CC(CC(C3)C1)C2. The molecule has 0 radical (unpaired) electrons.